The fourth-order valence-electron chi connectivity index (χ4n) is 3.06. The minimum absolute atomic E-state index is 0.0376. The van der Waals surface area contributed by atoms with E-state index in [2.05, 4.69) is 17.6 Å². The van der Waals surface area contributed by atoms with Gasteiger partial charge < -0.3 is 10.6 Å². The topological polar surface area (TPSA) is 95.6 Å². The lowest BCUT2D eigenvalue weighted by Gasteiger charge is -2.29. The van der Waals surface area contributed by atoms with Gasteiger partial charge in [-0.2, -0.15) is 0 Å². The number of carbonyl (C=O) groups is 2. The minimum Gasteiger partial charge on any atom is -0.352 e. The lowest BCUT2D eigenvalue weighted by atomic mass is 9.86. The number of amides is 2. The van der Waals surface area contributed by atoms with Gasteiger partial charge in [-0.25, -0.2) is 12.7 Å². The van der Waals surface area contributed by atoms with Gasteiger partial charge in [-0.3, -0.25) is 9.59 Å². The maximum absolute atomic E-state index is 12.3. The van der Waals surface area contributed by atoms with Crippen molar-refractivity contribution in [2.24, 2.45) is 5.92 Å². The molecule has 0 spiro atoms. The molecule has 2 rings (SSSR count). The highest BCUT2D eigenvalue weighted by atomic mass is 32.2. The van der Waals surface area contributed by atoms with Crippen molar-refractivity contribution >= 4 is 21.8 Å². The van der Waals surface area contributed by atoms with Crippen LogP contribution in [0.5, 0.6) is 0 Å². The number of carbonyl (C=O) groups excluding carboxylic acids is 2. The molecule has 0 bridgehead atoms. The molecule has 0 heterocycles. The Kier molecular flexibility index (Phi) is 6.77. The van der Waals surface area contributed by atoms with E-state index in [4.69, 9.17) is 0 Å². The van der Waals surface area contributed by atoms with E-state index in [9.17, 15) is 18.0 Å². The Morgan fingerprint density at radius 3 is 2.54 bits per heavy atom. The zero-order chi connectivity index (χ0) is 19.3. The van der Waals surface area contributed by atoms with Crippen molar-refractivity contribution in [1.29, 1.82) is 0 Å². The second-order valence-electron chi connectivity index (χ2n) is 6.93. The molecule has 0 radical (unpaired) electrons. The predicted octanol–water partition coefficient (Wildman–Crippen LogP) is 1.36. The predicted molar refractivity (Wildman–Crippen MR) is 99.2 cm³/mol. The van der Waals surface area contributed by atoms with Gasteiger partial charge in [-0.1, -0.05) is 25.8 Å². The van der Waals surface area contributed by atoms with E-state index in [0.717, 1.165) is 23.6 Å². The molecule has 2 atom stereocenters. The molecule has 1 fully saturated rings. The summed E-state index contributed by atoms with van der Waals surface area (Å²) in [5, 5.41) is 5.52. The van der Waals surface area contributed by atoms with Crippen LogP contribution in [0, 0.1) is 5.92 Å². The largest absolute Gasteiger partial charge is 0.352 e. The summed E-state index contributed by atoms with van der Waals surface area (Å²) in [5.74, 6) is -0.266. The monoisotopic (exact) mass is 381 g/mol. The van der Waals surface area contributed by atoms with Gasteiger partial charge in [-0.15, -0.1) is 0 Å². The van der Waals surface area contributed by atoms with E-state index in [1.165, 1.54) is 44.8 Å². The van der Waals surface area contributed by atoms with E-state index in [-0.39, 0.29) is 29.0 Å². The molecule has 2 amide bonds. The van der Waals surface area contributed by atoms with E-state index in [1.54, 1.807) is 0 Å². The summed E-state index contributed by atoms with van der Waals surface area (Å²) in [5.41, 5.74) is 0.201. The second-order valence-corrected chi connectivity index (χ2v) is 9.09. The molecule has 0 saturated heterocycles. The molecule has 1 aliphatic carbocycles. The molecule has 8 heteroatoms. The van der Waals surface area contributed by atoms with E-state index in [1.807, 2.05) is 0 Å². The van der Waals surface area contributed by atoms with Crippen LogP contribution in [0.3, 0.4) is 0 Å². The van der Waals surface area contributed by atoms with Crippen LogP contribution in [0.25, 0.3) is 0 Å². The first kappa shape index (κ1) is 20.4. The van der Waals surface area contributed by atoms with Crippen LogP contribution in [0.15, 0.2) is 29.2 Å². The summed E-state index contributed by atoms with van der Waals surface area (Å²) in [4.78, 5) is 24.4. The van der Waals surface area contributed by atoms with Crippen molar-refractivity contribution in [3.63, 3.8) is 0 Å². The molecular formula is C18H27N3O4S. The van der Waals surface area contributed by atoms with Gasteiger partial charge in [0.1, 0.15) is 0 Å². The molecule has 0 aromatic heterocycles. The maximum atomic E-state index is 12.3. The fraction of sp³-hybridized carbons (Fsp3) is 0.556. The lowest BCUT2D eigenvalue weighted by Crippen LogP contribution is -2.45. The minimum atomic E-state index is -3.62. The molecule has 0 aliphatic heterocycles. The average molecular weight is 381 g/mol. The SMILES string of the molecule is C[C@@H]1CCCC[C@H]1NC(=O)CNC(=O)c1cccc(S(=O)(=O)N(C)C)c1. The van der Waals surface area contributed by atoms with Gasteiger partial charge in [0, 0.05) is 25.7 Å². The molecule has 1 saturated carbocycles. The molecule has 26 heavy (non-hydrogen) atoms. The Morgan fingerprint density at radius 2 is 1.88 bits per heavy atom. The second kappa shape index (κ2) is 8.64. The first-order valence-corrected chi connectivity index (χ1v) is 10.3. The van der Waals surface area contributed by atoms with Gasteiger partial charge >= 0.3 is 0 Å². The Hall–Kier alpha value is -1.93. The first-order chi connectivity index (χ1) is 12.2. The van der Waals surface area contributed by atoms with Crippen LogP contribution in [0.2, 0.25) is 0 Å². The number of nitrogens with zero attached hydrogens (tertiary/aromatic N) is 1. The highest BCUT2D eigenvalue weighted by molar-refractivity contribution is 7.89. The molecule has 1 aromatic carbocycles. The van der Waals surface area contributed by atoms with Crippen molar-refractivity contribution in [3.05, 3.63) is 29.8 Å². The average Bonchev–Trinajstić information content (AvgIpc) is 2.61. The number of nitrogens with one attached hydrogen (secondary N) is 2. The molecule has 7 nitrogen and oxygen atoms in total. The number of hydrogen-bond donors (Lipinski definition) is 2. The summed E-state index contributed by atoms with van der Waals surface area (Å²) in [7, 11) is -0.757. The summed E-state index contributed by atoms with van der Waals surface area (Å²) in [6, 6.07) is 5.93. The summed E-state index contributed by atoms with van der Waals surface area (Å²) >= 11 is 0. The molecule has 0 unspecified atom stereocenters. The highest BCUT2D eigenvalue weighted by Crippen LogP contribution is 2.23. The van der Waals surface area contributed by atoms with Gasteiger partial charge in [0.05, 0.1) is 11.4 Å². The van der Waals surface area contributed by atoms with E-state index >= 15 is 0 Å². The standard InChI is InChI=1S/C18H27N3O4S/c1-13-7-4-5-10-16(13)20-17(22)12-19-18(23)14-8-6-9-15(11-14)26(24,25)21(2)3/h6,8-9,11,13,16H,4-5,7,10,12H2,1-3H3,(H,19,23)(H,20,22)/t13-,16-/m1/s1. The number of rotatable bonds is 6. The zero-order valence-corrected chi connectivity index (χ0v) is 16.3. The van der Waals surface area contributed by atoms with Crippen molar-refractivity contribution in [2.45, 2.75) is 43.5 Å². The summed E-state index contributed by atoms with van der Waals surface area (Å²) in [6.07, 6.45) is 4.36. The highest BCUT2D eigenvalue weighted by Gasteiger charge is 2.23. The number of sulfonamides is 1. The Morgan fingerprint density at radius 1 is 1.19 bits per heavy atom. The van der Waals surface area contributed by atoms with Crippen molar-refractivity contribution in [1.82, 2.24) is 14.9 Å². The van der Waals surface area contributed by atoms with Gasteiger partial charge in [-0.05, 0) is 37.0 Å². The molecule has 1 aliphatic rings. The third-order valence-corrected chi connectivity index (χ3v) is 6.55. The smallest absolute Gasteiger partial charge is 0.251 e. The number of benzene rings is 1. The lowest BCUT2D eigenvalue weighted by molar-refractivity contribution is -0.121. The fourth-order valence-corrected chi connectivity index (χ4v) is 4.01. The van der Waals surface area contributed by atoms with Crippen LogP contribution in [0.4, 0.5) is 0 Å². The molecule has 1 aromatic rings. The van der Waals surface area contributed by atoms with Crippen LogP contribution in [0.1, 0.15) is 43.0 Å². The van der Waals surface area contributed by atoms with Gasteiger partial charge in [0.15, 0.2) is 0 Å². The van der Waals surface area contributed by atoms with E-state index < -0.39 is 15.9 Å². The number of hydrogen-bond acceptors (Lipinski definition) is 4. The van der Waals surface area contributed by atoms with Crippen LogP contribution in [-0.2, 0) is 14.8 Å². The quantitative estimate of drug-likeness (QED) is 0.778. The van der Waals surface area contributed by atoms with Crippen LogP contribution < -0.4 is 10.6 Å². The summed E-state index contributed by atoms with van der Waals surface area (Å²) in [6.45, 7) is 1.99. The van der Waals surface area contributed by atoms with Crippen molar-refractivity contribution in [3.8, 4) is 0 Å². The van der Waals surface area contributed by atoms with Gasteiger partial charge in [0.25, 0.3) is 5.91 Å². The third kappa shape index (κ3) is 5.04. The Bertz CT molecular complexity index is 761. The van der Waals surface area contributed by atoms with E-state index in [0.29, 0.717) is 5.92 Å². The maximum Gasteiger partial charge on any atom is 0.251 e. The summed E-state index contributed by atoms with van der Waals surface area (Å²) < 4.78 is 25.4. The van der Waals surface area contributed by atoms with Crippen molar-refractivity contribution in [2.75, 3.05) is 20.6 Å². The molecule has 144 valence electrons. The van der Waals surface area contributed by atoms with Gasteiger partial charge in [0.2, 0.25) is 15.9 Å². The normalized spacial score (nSPS) is 20.6. The zero-order valence-electron chi connectivity index (χ0n) is 15.5. The van der Waals surface area contributed by atoms with Crippen LogP contribution >= 0.6 is 0 Å². The Balaban J connectivity index is 1.94. The van der Waals surface area contributed by atoms with Crippen LogP contribution in [-0.4, -0.2) is 51.2 Å². The Labute approximate surface area is 155 Å². The third-order valence-electron chi connectivity index (χ3n) is 4.74. The van der Waals surface area contributed by atoms with Crippen molar-refractivity contribution < 1.29 is 18.0 Å². The first-order valence-electron chi connectivity index (χ1n) is 8.82. The molecule has 2 N–H and O–H groups in total. The molecular weight excluding hydrogens is 354 g/mol.